The molecule has 1 aromatic rings. The van der Waals surface area contributed by atoms with Crippen LogP contribution in [0.25, 0.3) is 0 Å². The first kappa shape index (κ1) is 15.3. The normalized spacial score (nSPS) is 16.4. The summed E-state index contributed by atoms with van der Waals surface area (Å²) in [4.78, 5) is 2.20. The van der Waals surface area contributed by atoms with E-state index in [1.165, 1.54) is 25.3 Å². The predicted molar refractivity (Wildman–Crippen MR) is 80.5 cm³/mol. The van der Waals surface area contributed by atoms with Crippen LogP contribution in [0.15, 0.2) is 18.2 Å². The number of aliphatic hydroxyl groups excluding tert-OH is 1. The molecule has 2 N–H and O–H groups in total. The van der Waals surface area contributed by atoms with Gasteiger partial charge >= 0.3 is 0 Å². The van der Waals surface area contributed by atoms with Gasteiger partial charge in [0.2, 0.25) is 0 Å². The third-order valence-corrected chi connectivity index (χ3v) is 4.11. The van der Waals surface area contributed by atoms with Crippen molar-refractivity contribution >= 4 is 5.69 Å². The lowest BCUT2D eigenvalue weighted by Gasteiger charge is -2.37. The van der Waals surface area contributed by atoms with Crippen molar-refractivity contribution in [3.63, 3.8) is 0 Å². The minimum Gasteiger partial charge on any atom is -0.395 e. The van der Waals surface area contributed by atoms with Gasteiger partial charge in [0.15, 0.2) is 0 Å². The number of rotatable bonds is 6. The highest BCUT2D eigenvalue weighted by Crippen LogP contribution is 2.30. The maximum atomic E-state index is 14.1. The van der Waals surface area contributed by atoms with E-state index in [2.05, 4.69) is 10.2 Å². The molecule has 0 saturated heterocycles. The standard InChI is InChI=1S/C16H25FN2O/c1-18-12-14-15(17)8-5-9-16(14)19(10-11-20)13-6-3-2-4-7-13/h5,8-9,13,18,20H,2-4,6-7,10-12H2,1H3. The number of halogens is 1. The van der Waals surface area contributed by atoms with Gasteiger partial charge in [0.05, 0.1) is 6.61 Å². The van der Waals surface area contributed by atoms with Gasteiger partial charge in [-0.3, -0.25) is 0 Å². The van der Waals surface area contributed by atoms with E-state index in [-0.39, 0.29) is 12.4 Å². The van der Waals surface area contributed by atoms with Crippen LogP contribution in [0, 0.1) is 5.82 Å². The second-order valence-electron chi connectivity index (χ2n) is 5.48. The number of anilines is 1. The van der Waals surface area contributed by atoms with E-state index in [9.17, 15) is 9.50 Å². The van der Waals surface area contributed by atoms with Crippen LogP contribution in [0.3, 0.4) is 0 Å². The monoisotopic (exact) mass is 280 g/mol. The fraction of sp³-hybridized carbons (Fsp3) is 0.625. The summed E-state index contributed by atoms with van der Waals surface area (Å²) >= 11 is 0. The molecule has 3 nitrogen and oxygen atoms in total. The third-order valence-electron chi connectivity index (χ3n) is 4.11. The number of aliphatic hydroxyl groups is 1. The summed E-state index contributed by atoms with van der Waals surface area (Å²) in [5, 5.41) is 12.4. The first-order chi connectivity index (χ1) is 9.77. The summed E-state index contributed by atoms with van der Waals surface area (Å²) in [6.07, 6.45) is 6.01. The minimum absolute atomic E-state index is 0.103. The van der Waals surface area contributed by atoms with Crippen LogP contribution in [0.5, 0.6) is 0 Å². The van der Waals surface area contributed by atoms with Gasteiger partial charge in [-0.25, -0.2) is 4.39 Å². The average molecular weight is 280 g/mol. The van der Waals surface area contributed by atoms with Crippen LogP contribution in [-0.2, 0) is 6.54 Å². The van der Waals surface area contributed by atoms with Gasteiger partial charge in [0.1, 0.15) is 5.82 Å². The molecule has 0 amide bonds. The highest BCUT2D eigenvalue weighted by atomic mass is 19.1. The average Bonchev–Trinajstić information content (AvgIpc) is 2.48. The molecule has 0 atom stereocenters. The van der Waals surface area contributed by atoms with Crippen molar-refractivity contribution in [2.24, 2.45) is 0 Å². The zero-order valence-corrected chi connectivity index (χ0v) is 12.2. The Morgan fingerprint density at radius 2 is 2.05 bits per heavy atom. The zero-order chi connectivity index (χ0) is 14.4. The van der Waals surface area contributed by atoms with Crippen molar-refractivity contribution in [3.05, 3.63) is 29.6 Å². The summed E-state index contributed by atoms with van der Waals surface area (Å²) in [6, 6.07) is 5.67. The Hall–Kier alpha value is -1.13. The van der Waals surface area contributed by atoms with E-state index in [1.807, 2.05) is 13.1 Å². The summed E-state index contributed by atoms with van der Waals surface area (Å²) in [5.74, 6) is -0.171. The van der Waals surface area contributed by atoms with Gasteiger partial charge in [0.25, 0.3) is 0 Å². The van der Waals surface area contributed by atoms with Crippen molar-refractivity contribution in [1.82, 2.24) is 5.32 Å². The molecule has 1 fully saturated rings. The van der Waals surface area contributed by atoms with E-state index in [4.69, 9.17) is 0 Å². The van der Waals surface area contributed by atoms with Crippen LogP contribution in [0.1, 0.15) is 37.7 Å². The number of hydrogen-bond acceptors (Lipinski definition) is 3. The molecular formula is C16H25FN2O. The number of nitrogens with zero attached hydrogens (tertiary/aromatic N) is 1. The van der Waals surface area contributed by atoms with E-state index in [1.54, 1.807) is 6.07 Å². The number of nitrogens with one attached hydrogen (secondary N) is 1. The largest absolute Gasteiger partial charge is 0.395 e. The van der Waals surface area contributed by atoms with Crippen LogP contribution in [-0.4, -0.2) is 31.3 Å². The van der Waals surface area contributed by atoms with Gasteiger partial charge < -0.3 is 15.3 Å². The van der Waals surface area contributed by atoms with Crippen molar-refractivity contribution in [1.29, 1.82) is 0 Å². The molecule has 0 radical (unpaired) electrons. The molecule has 4 heteroatoms. The maximum absolute atomic E-state index is 14.1. The van der Waals surface area contributed by atoms with Crippen molar-refractivity contribution in [2.45, 2.75) is 44.7 Å². The van der Waals surface area contributed by atoms with E-state index < -0.39 is 0 Å². The summed E-state index contributed by atoms with van der Waals surface area (Å²) in [6.45, 7) is 1.19. The lowest BCUT2D eigenvalue weighted by atomic mass is 9.93. The van der Waals surface area contributed by atoms with Crippen LogP contribution < -0.4 is 10.2 Å². The van der Waals surface area contributed by atoms with E-state index in [0.29, 0.717) is 24.7 Å². The molecular weight excluding hydrogens is 255 g/mol. The van der Waals surface area contributed by atoms with Crippen molar-refractivity contribution in [3.8, 4) is 0 Å². The topological polar surface area (TPSA) is 35.5 Å². The molecule has 1 aliphatic carbocycles. The molecule has 1 aromatic carbocycles. The Balaban J connectivity index is 2.30. The van der Waals surface area contributed by atoms with Gasteiger partial charge in [-0.2, -0.15) is 0 Å². The Labute approximate surface area is 120 Å². The Morgan fingerprint density at radius 3 is 2.70 bits per heavy atom. The van der Waals surface area contributed by atoms with Crippen molar-refractivity contribution in [2.75, 3.05) is 25.1 Å². The van der Waals surface area contributed by atoms with Gasteiger partial charge in [-0.05, 0) is 32.0 Å². The zero-order valence-electron chi connectivity index (χ0n) is 12.2. The fourth-order valence-corrected chi connectivity index (χ4v) is 3.17. The molecule has 0 heterocycles. The second kappa shape index (κ2) is 7.60. The fourth-order valence-electron chi connectivity index (χ4n) is 3.17. The molecule has 2 rings (SSSR count). The third kappa shape index (κ3) is 3.49. The summed E-state index contributed by atoms with van der Waals surface area (Å²) in [5.41, 5.74) is 1.63. The van der Waals surface area contributed by atoms with E-state index >= 15 is 0 Å². The van der Waals surface area contributed by atoms with Gasteiger partial charge in [-0.15, -0.1) is 0 Å². The lowest BCUT2D eigenvalue weighted by Crippen LogP contribution is -2.39. The molecule has 0 aromatic heterocycles. The van der Waals surface area contributed by atoms with E-state index in [0.717, 1.165) is 18.5 Å². The van der Waals surface area contributed by atoms with Crippen LogP contribution in [0.2, 0.25) is 0 Å². The Morgan fingerprint density at radius 1 is 1.30 bits per heavy atom. The molecule has 112 valence electrons. The molecule has 1 aliphatic rings. The molecule has 0 unspecified atom stereocenters. The molecule has 0 bridgehead atoms. The smallest absolute Gasteiger partial charge is 0.129 e. The summed E-state index contributed by atoms with van der Waals surface area (Å²) in [7, 11) is 1.83. The highest BCUT2D eigenvalue weighted by molar-refractivity contribution is 5.55. The predicted octanol–water partition coefficient (Wildman–Crippen LogP) is 2.68. The number of hydrogen-bond donors (Lipinski definition) is 2. The second-order valence-corrected chi connectivity index (χ2v) is 5.48. The first-order valence-corrected chi connectivity index (χ1v) is 7.57. The quantitative estimate of drug-likeness (QED) is 0.841. The Kier molecular flexibility index (Phi) is 5.80. The van der Waals surface area contributed by atoms with Gasteiger partial charge in [-0.1, -0.05) is 25.3 Å². The molecule has 0 spiro atoms. The maximum Gasteiger partial charge on any atom is 0.129 e. The highest BCUT2D eigenvalue weighted by Gasteiger charge is 2.23. The first-order valence-electron chi connectivity index (χ1n) is 7.57. The van der Waals surface area contributed by atoms with Crippen LogP contribution >= 0.6 is 0 Å². The molecule has 0 aliphatic heterocycles. The summed E-state index contributed by atoms with van der Waals surface area (Å²) < 4.78 is 14.1. The lowest BCUT2D eigenvalue weighted by molar-refractivity contribution is 0.289. The SMILES string of the molecule is CNCc1c(F)cccc1N(CCO)C1CCCCC1. The number of benzene rings is 1. The molecule has 1 saturated carbocycles. The molecule has 20 heavy (non-hydrogen) atoms. The Bertz CT molecular complexity index is 419. The minimum atomic E-state index is -0.171. The van der Waals surface area contributed by atoms with Crippen molar-refractivity contribution < 1.29 is 9.50 Å². The van der Waals surface area contributed by atoms with Gasteiger partial charge in [0, 0.05) is 30.4 Å². The van der Waals surface area contributed by atoms with Crippen LogP contribution in [0.4, 0.5) is 10.1 Å².